The fraction of sp³-hybridized carbons (Fsp3) is 0.667. The fourth-order valence-corrected chi connectivity index (χ4v) is 2.38. The third-order valence-corrected chi connectivity index (χ3v) is 4.07. The molecule has 92 valence electrons. The molecule has 7 heteroatoms. The molecule has 0 aliphatic carbocycles. The lowest BCUT2D eigenvalue weighted by molar-refractivity contribution is 0.461. The zero-order valence-corrected chi connectivity index (χ0v) is 10.4. The predicted octanol–water partition coefficient (Wildman–Crippen LogP) is -0.128. The van der Waals surface area contributed by atoms with Crippen molar-refractivity contribution in [3.05, 3.63) is 12.5 Å². The highest BCUT2D eigenvalue weighted by atomic mass is 32.2. The maximum atomic E-state index is 12.0. The Bertz CT molecular complexity index is 426. The minimum Gasteiger partial charge on any atom is -0.336 e. The first-order chi connectivity index (χ1) is 7.52. The van der Waals surface area contributed by atoms with Gasteiger partial charge >= 0.3 is 0 Å². The number of hydrogen-bond acceptors (Lipinski definition) is 4. The van der Waals surface area contributed by atoms with Crippen LogP contribution in [0.1, 0.15) is 13.3 Å². The third kappa shape index (κ3) is 2.81. The quantitative estimate of drug-likeness (QED) is 0.758. The number of rotatable bonds is 6. The summed E-state index contributed by atoms with van der Waals surface area (Å²) >= 11 is 0. The van der Waals surface area contributed by atoms with Crippen LogP contribution >= 0.6 is 0 Å². The molecule has 0 atom stereocenters. The van der Waals surface area contributed by atoms with E-state index in [1.54, 1.807) is 4.57 Å². The molecule has 0 radical (unpaired) electrons. The molecule has 0 aromatic carbocycles. The highest BCUT2D eigenvalue weighted by Gasteiger charge is 2.22. The molecular weight excluding hydrogens is 228 g/mol. The van der Waals surface area contributed by atoms with Gasteiger partial charge in [-0.25, -0.2) is 13.4 Å². The molecule has 1 rings (SSSR count). The fourth-order valence-electron chi connectivity index (χ4n) is 1.24. The maximum Gasteiger partial charge on any atom is 0.261 e. The number of nitrogens with two attached hydrogens (primary N) is 1. The van der Waals surface area contributed by atoms with Gasteiger partial charge in [0.15, 0.2) is 5.03 Å². The minimum atomic E-state index is -3.45. The summed E-state index contributed by atoms with van der Waals surface area (Å²) in [6, 6.07) is 0. The van der Waals surface area contributed by atoms with Crippen molar-refractivity contribution >= 4 is 10.0 Å². The number of hydrogen-bond donors (Lipinski definition) is 1. The Hall–Kier alpha value is -0.920. The number of aryl methyl sites for hydroxylation is 1. The van der Waals surface area contributed by atoms with Gasteiger partial charge in [0.25, 0.3) is 10.0 Å². The maximum absolute atomic E-state index is 12.0. The molecule has 0 fully saturated rings. The van der Waals surface area contributed by atoms with Gasteiger partial charge in [-0.05, 0) is 19.9 Å². The monoisotopic (exact) mass is 246 g/mol. The molecule has 0 aliphatic heterocycles. The first-order valence-corrected chi connectivity index (χ1v) is 6.64. The van der Waals surface area contributed by atoms with Crippen molar-refractivity contribution in [2.45, 2.75) is 24.9 Å². The standard InChI is InChI=1S/C9H18N4O2S/c1-3-13-7-9(11-8-13)16(14,15)12(2)6-4-5-10/h7-8H,3-6,10H2,1-2H3. The van der Waals surface area contributed by atoms with E-state index in [0.29, 0.717) is 26.1 Å². The van der Waals surface area contributed by atoms with Gasteiger partial charge in [-0.2, -0.15) is 4.31 Å². The van der Waals surface area contributed by atoms with E-state index in [-0.39, 0.29) is 5.03 Å². The van der Waals surface area contributed by atoms with Crippen LogP contribution in [0.15, 0.2) is 17.6 Å². The van der Waals surface area contributed by atoms with Crippen LogP contribution in [0.5, 0.6) is 0 Å². The minimum absolute atomic E-state index is 0.0915. The van der Waals surface area contributed by atoms with Crippen LogP contribution in [-0.2, 0) is 16.6 Å². The van der Waals surface area contributed by atoms with Crippen LogP contribution in [0.25, 0.3) is 0 Å². The number of imidazole rings is 1. The van der Waals surface area contributed by atoms with Gasteiger partial charge in [-0.15, -0.1) is 0 Å². The van der Waals surface area contributed by atoms with Gasteiger partial charge in [-0.3, -0.25) is 0 Å². The molecule has 6 nitrogen and oxygen atoms in total. The summed E-state index contributed by atoms with van der Waals surface area (Å²) < 4.78 is 27.0. The lowest BCUT2D eigenvalue weighted by Gasteiger charge is -2.14. The lowest BCUT2D eigenvalue weighted by Crippen LogP contribution is -2.29. The SMILES string of the molecule is CCn1cnc(S(=O)(=O)N(C)CCCN)c1. The van der Waals surface area contributed by atoms with Crippen molar-refractivity contribution in [1.82, 2.24) is 13.9 Å². The normalized spacial score (nSPS) is 12.2. The van der Waals surface area contributed by atoms with Gasteiger partial charge in [0.1, 0.15) is 0 Å². The summed E-state index contributed by atoms with van der Waals surface area (Å²) in [5.74, 6) is 0. The van der Waals surface area contributed by atoms with Gasteiger partial charge in [0.05, 0.1) is 6.33 Å². The number of aromatic nitrogens is 2. The summed E-state index contributed by atoms with van der Waals surface area (Å²) in [5, 5.41) is 0.0915. The molecule has 0 bridgehead atoms. The van der Waals surface area contributed by atoms with E-state index in [4.69, 9.17) is 5.73 Å². The van der Waals surface area contributed by atoms with Gasteiger partial charge < -0.3 is 10.3 Å². The number of nitrogens with zero attached hydrogens (tertiary/aromatic N) is 3. The van der Waals surface area contributed by atoms with E-state index in [1.807, 2.05) is 6.92 Å². The van der Waals surface area contributed by atoms with E-state index in [9.17, 15) is 8.42 Å². The van der Waals surface area contributed by atoms with Crippen molar-refractivity contribution in [3.8, 4) is 0 Å². The lowest BCUT2D eigenvalue weighted by atomic mass is 10.4. The Morgan fingerprint density at radius 3 is 2.75 bits per heavy atom. The van der Waals surface area contributed by atoms with Crippen LogP contribution in [0.3, 0.4) is 0 Å². The Labute approximate surface area is 96.1 Å². The second-order valence-corrected chi connectivity index (χ2v) is 5.50. The highest BCUT2D eigenvalue weighted by Crippen LogP contribution is 2.11. The average Bonchev–Trinajstić information content (AvgIpc) is 2.74. The molecule has 1 aromatic rings. The first-order valence-electron chi connectivity index (χ1n) is 5.20. The van der Waals surface area contributed by atoms with Crippen molar-refractivity contribution in [1.29, 1.82) is 0 Å². The van der Waals surface area contributed by atoms with E-state index in [0.717, 1.165) is 0 Å². The smallest absolute Gasteiger partial charge is 0.261 e. The van der Waals surface area contributed by atoms with Crippen molar-refractivity contribution < 1.29 is 8.42 Å². The molecule has 0 saturated heterocycles. The summed E-state index contributed by atoms with van der Waals surface area (Å²) in [6.07, 6.45) is 3.70. The van der Waals surface area contributed by atoms with E-state index in [1.165, 1.54) is 23.9 Å². The van der Waals surface area contributed by atoms with Crippen LogP contribution in [0.4, 0.5) is 0 Å². The largest absolute Gasteiger partial charge is 0.336 e. The van der Waals surface area contributed by atoms with Gasteiger partial charge in [-0.1, -0.05) is 0 Å². The van der Waals surface area contributed by atoms with E-state index >= 15 is 0 Å². The Morgan fingerprint density at radius 2 is 2.25 bits per heavy atom. The Kier molecular flexibility index (Phi) is 4.45. The molecule has 1 heterocycles. The second-order valence-electron chi connectivity index (χ2n) is 3.51. The molecule has 16 heavy (non-hydrogen) atoms. The van der Waals surface area contributed by atoms with E-state index in [2.05, 4.69) is 4.98 Å². The summed E-state index contributed by atoms with van der Waals surface area (Å²) in [7, 11) is -1.92. The van der Waals surface area contributed by atoms with Crippen LogP contribution < -0.4 is 5.73 Å². The van der Waals surface area contributed by atoms with Crippen LogP contribution in [0.2, 0.25) is 0 Å². The van der Waals surface area contributed by atoms with Crippen LogP contribution in [-0.4, -0.2) is 42.4 Å². The third-order valence-electron chi connectivity index (χ3n) is 2.33. The molecule has 1 aromatic heterocycles. The van der Waals surface area contributed by atoms with Gasteiger partial charge in [0.2, 0.25) is 0 Å². The summed E-state index contributed by atoms with van der Waals surface area (Å²) in [6.45, 7) is 3.52. The molecular formula is C9H18N4O2S. The molecule has 0 spiro atoms. The summed E-state index contributed by atoms with van der Waals surface area (Å²) in [4.78, 5) is 3.89. The predicted molar refractivity (Wildman–Crippen MR) is 61.4 cm³/mol. The Balaban J connectivity index is 2.84. The topological polar surface area (TPSA) is 81.2 Å². The highest BCUT2D eigenvalue weighted by molar-refractivity contribution is 7.89. The van der Waals surface area contributed by atoms with E-state index < -0.39 is 10.0 Å². The molecule has 0 saturated carbocycles. The number of sulfonamides is 1. The molecule has 0 unspecified atom stereocenters. The average molecular weight is 246 g/mol. The molecule has 2 N–H and O–H groups in total. The van der Waals surface area contributed by atoms with Crippen molar-refractivity contribution in [3.63, 3.8) is 0 Å². The molecule has 0 amide bonds. The van der Waals surface area contributed by atoms with Crippen molar-refractivity contribution in [2.75, 3.05) is 20.1 Å². The zero-order valence-electron chi connectivity index (χ0n) is 9.63. The van der Waals surface area contributed by atoms with Gasteiger partial charge in [0, 0.05) is 26.3 Å². The summed E-state index contributed by atoms with van der Waals surface area (Å²) in [5.41, 5.74) is 5.34. The zero-order chi connectivity index (χ0) is 12.2. The second kappa shape index (κ2) is 5.42. The Morgan fingerprint density at radius 1 is 1.56 bits per heavy atom. The van der Waals surface area contributed by atoms with Crippen LogP contribution in [0, 0.1) is 0 Å². The van der Waals surface area contributed by atoms with Crippen molar-refractivity contribution in [2.24, 2.45) is 5.73 Å². The molecule has 0 aliphatic rings. The first kappa shape index (κ1) is 13.1.